The van der Waals surface area contributed by atoms with Crippen LogP contribution in [0, 0.1) is 5.41 Å². The number of rotatable bonds is 1. The minimum absolute atomic E-state index is 0.0810. The van der Waals surface area contributed by atoms with Crippen molar-refractivity contribution >= 4 is 23.2 Å². The first-order valence-electron chi connectivity index (χ1n) is 3.63. The Morgan fingerprint density at radius 3 is 2.45 bits per heavy atom. The second-order valence-electron chi connectivity index (χ2n) is 3.44. The number of halogens is 2. The SMILES string of the molecule is CC1(C2COCO2)CC1(Cl)Cl. The summed E-state index contributed by atoms with van der Waals surface area (Å²) in [7, 11) is 0. The summed E-state index contributed by atoms with van der Waals surface area (Å²) in [5.74, 6) is 0. The third-order valence-corrected chi connectivity index (χ3v) is 3.76. The fourth-order valence-corrected chi connectivity index (χ4v) is 2.27. The van der Waals surface area contributed by atoms with E-state index < -0.39 is 4.33 Å². The van der Waals surface area contributed by atoms with Crippen LogP contribution < -0.4 is 0 Å². The van der Waals surface area contributed by atoms with Crippen molar-refractivity contribution < 1.29 is 9.47 Å². The lowest BCUT2D eigenvalue weighted by atomic mass is 10.0. The number of hydrogen-bond acceptors (Lipinski definition) is 2. The molecule has 2 aliphatic rings. The van der Waals surface area contributed by atoms with Gasteiger partial charge in [-0.25, -0.2) is 0 Å². The molecule has 0 spiro atoms. The number of hydrogen-bond donors (Lipinski definition) is 0. The summed E-state index contributed by atoms with van der Waals surface area (Å²) in [6.07, 6.45) is 0.884. The van der Waals surface area contributed by atoms with Gasteiger partial charge in [0, 0.05) is 5.41 Å². The van der Waals surface area contributed by atoms with Gasteiger partial charge < -0.3 is 9.47 Å². The van der Waals surface area contributed by atoms with E-state index in [1.165, 1.54) is 0 Å². The van der Waals surface area contributed by atoms with E-state index in [0.717, 1.165) is 6.42 Å². The summed E-state index contributed by atoms with van der Waals surface area (Å²) in [4.78, 5) is 0. The quantitative estimate of drug-likeness (QED) is 0.598. The summed E-state index contributed by atoms with van der Waals surface area (Å²) in [5, 5.41) is 0. The zero-order chi connectivity index (χ0) is 8.11. The first-order chi connectivity index (χ1) is 5.06. The molecule has 64 valence electrons. The van der Waals surface area contributed by atoms with Crippen molar-refractivity contribution in [2.24, 2.45) is 5.41 Å². The highest BCUT2D eigenvalue weighted by Crippen LogP contribution is 2.66. The average Bonchev–Trinajstić information content (AvgIpc) is 2.36. The number of ether oxygens (including phenoxy) is 2. The van der Waals surface area contributed by atoms with Crippen LogP contribution in [0.1, 0.15) is 13.3 Å². The monoisotopic (exact) mass is 196 g/mol. The highest BCUT2D eigenvalue weighted by Gasteiger charge is 2.67. The van der Waals surface area contributed by atoms with E-state index in [-0.39, 0.29) is 11.5 Å². The number of alkyl halides is 2. The zero-order valence-corrected chi connectivity index (χ0v) is 7.78. The van der Waals surface area contributed by atoms with E-state index in [0.29, 0.717) is 13.4 Å². The lowest BCUT2D eigenvalue weighted by Crippen LogP contribution is -2.25. The third kappa shape index (κ3) is 1.08. The van der Waals surface area contributed by atoms with Gasteiger partial charge in [-0.15, -0.1) is 23.2 Å². The second kappa shape index (κ2) is 2.25. The topological polar surface area (TPSA) is 18.5 Å². The molecule has 2 rings (SSSR count). The Morgan fingerprint density at radius 2 is 2.09 bits per heavy atom. The molecule has 4 heteroatoms. The van der Waals surface area contributed by atoms with Gasteiger partial charge in [0.2, 0.25) is 0 Å². The van der Waals surface area contributed by atoms with Gasteiger partial charge in [0.05, 0.1) is 12.7 Å². The highest BCUT2D eigenvalue weighted by molar-refractivity contribution is 6.51. The molecule has 2 fully saturated rings. The Bertz CT molecular complexity index is 177. The van der Waals surface area contributed by atoms with Crippen LogP contribution in [0.15, 0.2) is 0 Å². The van der Waals surface area contributed by atoms with Crippen LogP contribution in [0.2, 0.25) is 0 Å². The molecule has 1 aliphatic heterocycles. The van der Waals surface area contributed by atoms with Gasteiger partial charge in [-0.2, -0.15) is 0 Å². The van der Waals surface area contributed by atoms with Crippen LogP contribution in [0.4, 0.5) is 0 Å². The smallest absolute Gasteiger partial charge is 0.147 e. The Labute approximate surface area is 75.8 Å². The van der Waals surface area contributed by atoms with E-state index >= 15 is 0 Å². The first-order valence-corrected chi connectivity index (χ1v) is 4.39. The van der Waals surface area contributed by atoms with Crippen molar-refractivity contribution in [3.63, 3.8) is 0 Å². The molecular formula is C7H10Cl2O2. The fourth-order valence-electron chi connectivity index (χ4n) is 1.47. The van der Waals surface area contributed by atoms with Crippen molar-refractivity contribution in [3.8, 4) is 0 Å². The zero-order valence-electron chi connectivity index (χ0n) is 6.27. The van der Waals surface area contributed by atoms with Crippen LogP contribution in [0.3, 0.4) is 0 Å². The molecule has 2 nitrogen and oxygen atoms in total. The molecule has 11 heavy (non-hydrogen) atoms. The molecule has 0 N–H and O–H groups in total. The van der Waals surface area contributed by atoms with Gasteiger partial charge in [0.1, 0.15) is 11.1 Å². The van der Waals surface area contributed by atoms with Gasteiger partial charge in [-0.05, 0) is 6.42 Å². The molecule has 2 unspecified atom stereocenters. The van der Waals surface area contributed by atoms with Gasteiger partial charge in [-0.3, -0.25) is 0 Å². The molecule has 1 saturated carbocycles. The Kier molecular flexibility index (Phi) is 1.66. The minimum Gasteiger partial charge on any atom is -0.353 e. The lowest BCUT2D eigenvalue weighted by molar-refractivity contribution is 0.0252. The molecule has 0 aromatic rings. The standard InChI is InChI=1S/C7H10Cl2O2/c1-6(3-7(6,8)9)5-2-10-4-11-5/h5H,2-4H2,1H3. The normalized spacial score (nSPS) is 47.7. The summed E-state index contributed by atoms with van der Waals surface area (Å²) in [5.41, 5.74) is -0.0907. The van der Waals surface area contributed by atoms with Gasteiger partial charge in [0.25, 0.3) is 0 Å². The van der Waals surface area contributed by atoms with E-state index in [1.807, 2.05) is 6.92 Å². The molecule has 0 radical (unpaired) electrons. The summed E-state index contributed by atoms with van der Waals surface area (Å²) < 4.78 is 9.81. The van der Waals surface area contributed by atoms with Crippen molar-refractivity contribution in [2.75, 3.05) is 13.4 Å². The molecular weight excluding hydrogens is 187 g/mol. The first kappa shape index (κ1) is 8.11. The molecule has 2 atom stereocenters. The van der Waals surface area contributed by atoms with Crippen LogP contribution in [0.25, 0.3) is 0 Å². The van der Waals surface area contributed by atoms with Gasteiger partial charge >= 0.3 is 0 Å². The highest BCUT2D eigenvalue weighted by atomic mass is 35.5. The molecule has 0 aromatic carbocycles. The molecule has 0 bridgehead atoms. The van der Waals surface area contributed by atoms with Crippen molar-refractivity contribution in [2.45, 2.75) is 23.8 Å². The predicted molar refractivity (Wildman–Crippen MR) is 42.9 cm³/mol. The van der Waals surface area contributed by atoms with E-state index in [2.05, 4.69) is 0 Å². The van der Waals surface area contributed by atoms with E-state index in [4.69, 9.17) is 32.7 Å². The minimum atomic E-state index is -0.592. The summed E-state index contributed by atoms with van der Waals surface area (Å²) >= 11 is 11.9. The second-order valence-corrected chi connectivity index (χ2v) is 4.93. The Morgan fingerprint density at radius 1 is 1.45 bits per heavy atom. The maximum absolute atomic E-state index is 5.96. The van der Waals surface area contributed by atoms with Gasteiger partial charge in [-0.1, -0.05) is 6.92 Å². The van der Waals surface area contributed by atoms with Gasteiger partial charge in [0.15, 0.2) is 0 Å². The molecule has 0 amide bonds. The summed E-state index contributed by atoms with van der Waals surface area (Å²) in [6.45, 7) is 3.04. The molecule has 0 aromatic heterocycles. The fraction of sp³-hybridized carbons (Fsp3) is 1.00. The lowest BCUT2D eigenvalue weighted by Gasteiger charge is -2.17. The van der Waals surface area contributed by atoms with Crippen LogP contribution >= 0.6 is 23.2 Å². The van der Waals surface area contributed by atoms with Crippen LogP contribution in [0.5, 0.6) is 0 Å². The maximum Gasteiger partial charge on any atom is 0.147 e. The van der Waals surface area contributed by atoms with E-state index in [9.17, 15) is 0 Å². The van der Waals surface area contributed by atoms with Crippen LogP contribution in [-0.4, -0.2) is 23.8 Å². The van der Waals surface area contributed by atoms with E-state index in [1.54, 1.807) is 0 Å². The third-order valence-electron chi connectivity index (χ3n) is 2.63. The predicted octanol–water partition coefficient (Wildman–Crippen LogP) is 1.94. The molecule has 1 saturated heterocycles. The molecule has 1 aliphatic carbocycles. The van der Waals surface area contributed by atoms with Crippen molar-refractivity contribution in [1.29, 1.82) is 0 Å². The Hall–Kier alpha value is 0.500. The van der Waals surface area contributed by atoms with Crippen molar-refractivity contribution in [1.82, 2.24) is 0 Å². The summed E-state index contributed by atoms with van der Waals surface area (Å²) in [6, 6.07) is 0. The maximum atomic E-state index is 5.96. The van der Waals surface area contributed by atoms with Crippen LogP contribution in [-0.2, 0) is 9.47 Å². The Balaban J connectivity index is 2.06. The molecule has 1 heterocycles. The largest absolute Gasteiger partial charge is 0.353 e. The van der Waals surface area contributed by atoms with Crippen molar-refractivity contribution in [3.05, 3.63) is 0 Å². The average molecular weight is 197 g/mol.